The van der Waals surface area contributed by atoms with Crippen molar-refractivity contribution in [2.75, 3.05) is 19.1 Å². The first-order valence-corrected chi connectivity index (χ1v) is 10.2. The van der Waals surface area contributed by atoms with E-state index in [0.717, 1.165) is 6.42 Å². The number of amides is 2. The van der Waals surface area contributed by atoms with Gasteiger partial charge in [-0.2, -0.15) is 0 Å². The maximum absolute atomic E-state index is 13.3. The van der Waals surface area contributed by atoms with Gasteiger partial charge in [0.05, 0.1) is 26.0 Å². The fourth-order valence-corrected chi connectivity index (χ4v) is 3.34. The van der Waals surface area contributed by atoms with Gasteiger partial charge in [-0.15, -0.1) is 0 Å². The molecule has 162 valence electrons. The lowest BCUT2D eigenvalue weighted by Gasteiger charge is -2.30. The first-order chi connectivity index (χ1) is 14.9. The van der Waals surface area contributed by atoms with Gasteiger partial charge < -0.3 is 14.2 Å². The van der Waals surface area contributed by atoms with E-state index in [2.05, 4.69) is 5.32 Å². The van der Waals surface area contributed by atoms with Crippen molar-refractivity contribution >= 4 is 40.9 Å². The molecule has 0 aliphatic carbocycles. The number of nitrogens with zero attached hydrogens (tertiary/aromatic N) is 1. The molecule has 2 aromatic carbocycles. The van der Waals surface area contributed by atoms with E-state index in [9.17, 15) is 9.59 Å². The fraction of sp³-hybridized carbons (Fsp3) is 0.261. The van der Waals surface area contributed by atoms with Gasteiger partial charge in [0, 0.05) is 5.56 Å². The van der Waals surface area contributed by atoms with E-state index in [0.29, 0.717) is 28.5 Å². The number of anilines is 1. The van der Waals surface area contributed by atoms with Gasteiger partial charge >= 0.3 is 0 Å². The first-order valence-electron chi connectivity index (χ1n) is 9.79. The SMILES string of the molecule is CC[C@H](C)Oc1c(/C=C2\C(=O)NC(=S)N(c3ccccc3OC)C2=O)cccc1OC. The number of hydrogen-bond donors (Lipinski definition) is 1. The topological polar surface area (TPSA) is 77.1 Å². The van der Waals surface area contributed by atoms with Crippen LogP contribution in [0.5, 0.6) is 17.2 Å². The normalized spacial score (nSPS) is 16.2. The summed E-state index contributed by atoms with van der Waals surface area (Å²) in [5.74, 6) is 0.282. The number of methoxy groups -OCH3 is 2. The highest BCUT2D eigenvalue weighted by Crippen LogP contribution is 2.35. The number of benzene rings is 2. The van der Waals surface area contributed by atoms with Crippen molar-refractivity contribution in [1.29, 1.82) is 0 Å². The number of rotatable bonds is 7. The van der Waals surface area contributed by atoms with Gasteiger partial charge in [-0.1, -0.05) is 31.2 Å². The summed E-state index contributed by atoms with van der Waals surface area (Å²) in [5.41, 5.74) is 0.903. The predicted molar refractivity (Wildman–Crippen MR) is 123 cm³/mol. The Morgan fingerprint density at radius 2 is 1.74 bits per heavy atom. The molecule has 2 amide bonds. The van der Waals surface area contributed by atoms with Crippen LogP contribution in [0.3, 0.4) is 0 Å². The number of thiocarbonyl (C=S) groups is 1. The molecule has 3 rings (SSSR count). The summed E-state index contributed by atoms with van der Waals surface area (Å²) in [6.45, 7) is 3.94. The highest BCUT2D eigenvalue weighted by atomic mass is 32.1. The van der Waals surface area contributed by atoms with Crippen molar-refractivity contribution in [2.24, 2.45) is 0 Å². The molecule has 0 radical (unpaired) electrons. The fourth-order valence-electron chi connectivity index (χ4n) is 3.06. The van der Waals surface area contributed by atoms with Crippen LogP contribution in [-0.2, 0) is 9.59 Å². The van der Waals surface area contributed by atoms with Gasteiger partial charge in [0.1, 0.15) is 11.3 Å². The maximum Gasteiger partial charge on any atom is 0.270 e. The summed E-state index contributed by atoms with van der Waals surface area (Å²) in [4.78, 5) is 27.3. The molecule has 1 aliphatic heterocycles. The molecular weight excluding hydrogens is 416 g/mol. The Hall–Kier alpha value is -3.39. The van der Waals surface area contributed by atoms with Crippen LogP contribution >= 0.6 is 12.2 Å². The second-order valence-corrected chi connectivity index (χ2v) is 7.23. The van der Waals surface area contributed by atoms with Crippen molar-refractivity contribution in [3.8, 4) is 17.2 Å². The second-order valence-electron chi connectivity index (χ2n) is 6.85. The summed E-state index contributed by atoms with van der Waals surface area (Å²) < 4.78 is 16.8. The molecular formula is C23H24N2O5S. The molecule has 0 saturated carbocycles. The Labute approximate surface area is 186 Å². The maximum atomic E-state index is 13.3. The molecule has 1 N–H and O–H groups in total. The molecule has 31 heavy (non-hydrogen) atoms. The summed E-state index contributed by atoms with van der Waals surface area (Å²) in [7, 11) is 3.04. The summed E-state index contributed by atoms with van der Waals surface area (Å²) in [5, 5.41) is 2.57. The van der Waals surface area contributed by atoms with Gasteiger partial charge in [0.15, 0.2) is 16.6 Å². The minimum absolute atomic E-state index is 0.0154. The first kappa shape index (κ1) is 22.3. The zero-order chi connectivity index (χ0) is 22.5. The van der Waals surface area contributed by atoms with Crippen molar-refractivity contribution in [1.82, 2.24) is 5.32 Å². The lowest BCUT2D eigenvalue weighted by atomic mass is 10.1. The van der Waals surface area contributed by atoms with Gasteiger partial charge in [0.25, 0.3) is 11.8 Å². The number of carbonyl (C=O) groups is 2. The number of carbonyl (C=O) groups excluding carboxylic acids is 2. The smallest absolute Gasteiger partial charge is 0.270 e. The number of ether oxygens (including phenoxy) is 3. The minimum Gasteiger partial charge on any atom is -0.495 e. The van der Waals surface area contributed by atoms with Crippen molar-refractivity contribution in [3.63, 3.8) is 0 Å². The van der Waals surface area contributed by atoms with Crippen molar-refractivity contribution in [3.05, 3.63) is 53.6 Å². The van der Waals surface area contributed by atoms with E-state index >= 15 is 0 Å². The van der Waals surface area contributed by atoms with E-state index in [1.807, 2.05) is 13.8 Å². The Bertz CT molecular complexity index is 1050. The Morgan fingerprint density at radius 1 is 1.06 bits per heavy atom. The summed E-state index contributed by atoms with van der Waals surface area (Å²) in [6.07, 6.45) is 2.19. The van der Waals surface area contributed by atoms with Gasteiger partial charge in [0.2, 0.25) is 0 Å². The molecule has 0 spiro atoms. The molecule has 0 unspecified atom stereocenters. The van der Waals surface area contributed by atoms with Crippen LogP contribution in [0.4, 0.5) is 5.69 Å². The van der Waals surface area contributed by atoms with E-state index in [1.165, 1.54) is 25.2 Å². The third-order valence-corrected chi connectivity index (χ3v) is 5.14. The van der Waals surface area contributed by atoms with Crippen LogP contribution < -0.4 is 24.4 Å². The molecule has 1 aliphatic rings. The van der Waals surface area contributed by atoms with Crippen LogP contribution in [0.15, 0.2) is 48.0 Å². The highest BCUT2D eigenvalue weighted by Gasteiger charge is 2.36. The molecule has 2 aromatic rings. The number of hydrogen-bond acceptors (Lipinski definition) is 6. The Morgan fingerprint density at radius 3 is 2.42 bits per heavy atom. The molecule has 8 heteroatoms. The second kappa shape index (κ2) is 9.61. The van der Waals surface area contributed by atoms with Crippen LogP contribution in [0.25, 0.3) is 6.08 Å². The number of para-hydroxylation sites is 3. The third kappa shape index (κ3) is 4.54. The quantitative estimate of drug-likeness (QED) is 0.402. The average molecular weight is 441 g/mol. The van der Waals surface area contributed by atoms with E-state index < -0.39 is 11.8 Å². The summed E-state index contributed by atoms with van der Waals surface area (Å²) >= 11 is 5.27. The zero-order valence-corrected chi connectivity index (χ0v) is 18.6. The zero-order valence-electron chi connectivity index (χ0n) is 17.8. The molecule has 1 heterocycles. The van der Waals surface area contributed by atoms with Crippen molar-refractivity contribution in [2.45, 2.75) is 26.4 Å². The van der Waals surface area contributed by atoms with E-state index in [-0.39, 0.29) is 16.8 Å². The lowest BCUT2D eigenvalue weighted by Crippen LogP contribution is -2.54. The summed E-state index contributed by atoms with van der Waals surface area (Å²) in [6, 6.07) is 12.2. The average Bonchev–Trinajstić information content (AvgIpc) is 2.77. The van der Waals surface area contributed by atoms with Gasteiger partial charge in [-0.3, -0.25) is 14.9 Å². The van der Waals surface area contributed by atoms with Crippen LogP contribution in [0.1, 0.15) is 25.8 Å². The monoisotopic (exact) mass is 440 g/mol. The third-order valence-electron chi connectivity index (χ3n) is 4.85. The Balaban J connectivity index is 2.09. The van der Waals surface area contributed by atoms with E-state index in [4.69, 9.17) is 26.4 Å². The Kier molecular flexibility index (Phi) is 6.91. The van der Waals surface area contributed by atoms with Crippen LogP contribution in [0, 0.1) is 0 Å². The van der Waals surface area contributed by atoms with Crippen molar-refractivity contribution < 1.29 is 23.8 Å². The molecule has 1 fully saturated rings. The van der Waals surface area contributed by atoms with Gasteiger partial charge in [-0.25, -0.2) is 4.90 Å². The predicted octanol–water partition coefficient (Wildman–Crippen LogP) is 3.71. The number of nitrogens with one attached hydrogen (secondary N) is 1. The van der Waals surface area contributed by atoms with Crippen LogP contribution in [-0.4, -0.2) is 37.3 Å². The lowest BCUT2D eigenvalue weighted by molar-refractivity contribution is -0.122. The molecule has 0 bridgehead atoms. The van der Waals surface area contributed by atoms with Crippen LogP contribution in [0.2, 0.25) is 0 Å². The van der Waals surface area contributed by atoms with Gasteiger partial charge in [-0.05, 0) is 49.8 Å². The molecule has 1 saturated heterocycles. The standard InChI is InChI=1S/C23H24N2O5S/c1-5-14(2)30-20-15(9-8-12-19(20)29-4)13-16-21(26)24-23(31)25(22(16)27)17-10-6-7-11-18(17)28-3/h6-14H,5H2,1-4H3,(H,24,26,31)/b16-13+/t14-/m0/s1. The highest BCUT2D eigenvalue weighted by molar-refractivity contribution is 7.80. The largest absolute Gasteiger partial charge is 0.495 e. The molecule has 0 aromatic heterocycles. The van der Waals surface area contributed by atoms with E-state index in [1.54, 1.807) is 42.5 Å². The minimum atomic E-state index is -0.585. The molecule has 1 atom stereocenters. The molecule has 7 nitrogen and oxygen atoms in total.